The van der Waals surface area contributed by atoms with Crippen molar-refractivity contribution >= 4 is 28.2 Å². The maximum Gasteiger partial charge on any atom is 0.254 e. The Kier molecular flexibility index (Phi) is 3.00. The summed E-state index contributed by atoms with van der Waals surface area (Å²) in [7, 11) is 1.86. The lowest BCUT2D eigenvalue weighted by Gasteiger charge is -1.92. The Morgan fingerprint density at radius 2 is 2.32 bits per heavy atom. The van der Waals surface area contributed by atoms with E-state index >= 15 is 0 Å². The molecular formula is C13H11N3O2S. The number of para-hydroxylation sites is 1. The van der Waals surface area contributed by atoms with Crippen LogP contribution in [0.1, 0.15) is 5.69 Å². The first-order valence-electron chi connectivity index (χ1n) is 5.75. The predicted molar refractivity (Wildman–Crippen MR) is 71.6 cm³/mol. The molecular weight excluding hydrogens is 262 g/mol. The molecule has 0 bridgehead atoms. The Morgan fingerprint density at radius 1 is 1.47 bits per heavy atom. The highest BCUT2D eigenvalue weighted by Crippen LogP contribution is 2.18. The molecule has 0 unspecified atom stereocenters. The van der Waals surface area contributed by atoms with Crippen molar-refractivity contribution in [1.29, 1.82) is 0 Å². The third-order valence-electron chi connectivity index (χ3n) is 2.75. The summed E-state index contributed by atoms with van der Waals surface area (Å²) in [6, 6.07) is 7.48. The first-order valence-corrected chi connectivity index (χ1v) is 6.63. The van der Waals surface area contributed by atoms with E-state index in [1.54, 1.807) is 0 Å². The van der Waals surface area contributed by atoms with Gasteiger partial charge in [0.15, 0.2) is 10.4 Å². The Morgan fingerprint density at radius 3 is 3.11 bits per heavy atom. The summed E-state index contributed by atoms with van der Waals surface area (Å²) in [6.45, 7) is 0. The highest BCUT2D eigenvalue weighted by molar-refractivity contribution is 7.07. The number of benzene rings is 1. The van der Waals surface area contributed by atoms with Crippen LogP contribution in [0.5, 0.6) is 0 Å². The van der Waals surface area contributed by atoms with E-state index in [0.717, 1.165) is 5.39 Å². The van der Waals surface area contributed by atoms with Gasteiger partial charge in [-0.2, -0.15) is 4.99 Å². The van der Waals surface area contributed by atoms with Crippen LogP contribution in [0.3, 0.4) is 0 Å². The van der Waals surface area contributed by atoms with Crippen molar-refractivity contribution in [3.8, 4) is 0 Å². The van der Waals surface area contributed by atoms with Gasteiger partial charge in [-0.3, -0.25) is 4.79 Å². The van der Waals surface area contributed by atoms with Crippen LogP contribution in [-0.4, -0.2) is 15.6 Å². The van der Waals surface area contributed by atoms with Gasteiger partial charge < -0.3 is 9.09 Å². The maximum absolute atomic E-state index is 11.9. The number of rotatable bonds is 2. The third-order valence-corrected chi connectivity index (χ3v) is 3.60. The average Bonchev–Trinajstić information content (AvgIpc) is 2.98. The molecule has 96 valence electrons. The predicted octanol–water partition coefficient (Wildman–Crippen LogP) is 1.90. The van der Waals surface area contributed by atoms with Crippen molar-refractivity contribution in [2.45, 2.75) is 6.42 Å². The highest BCUT2D eigenvalue weighted by atomic mass is 32.1. The minimum absolute atomic E-state index is 0.148. The Hall–Kier alpha value is -2.21. The Labute approximate surface area is 112 Å². The minimum Gasteiger partial charge on any atom is -0.356 e. The topological polar surface area (TPSA) is 60.4 Å². The number of carbonyl (C=O) groups excluding carboxylic acids is 1. The standard InChI is InChI=1S/C13H11N3O2S/c1-16-6-7-19-13(16)14-12(17)8-10-9-4-2-3-5-11(9)18-15-10/h2-7H,8H2,1H3. The van der Waals surface area contributed by atoms with Crippen LogP contribution < -0.4 is 4.80 Å². The quantitative estimate of drug-likeness (QED) is 0.716. The molecule has 2 aromatic heterocycles. The number of thiazole rings is 1. The summed E-state index contributed by atoms with van der Waals surface area (Å²) >= 11 is 1.43. The molecule has 5 nitrogen and oxygen atoms in total. The van der Waals surface area contributed by atoms with Gasteiger partial charge in [0.05, 0.1) is 6.42 Å². The molecule has 0 N–H and O–H groups in total. The largest absolute Gasteiger partial charge is 0.356 e. The van der Waals surface area contributed by atoms with E-state index in [9.17, 15) is 4.79 Å². The third kappa shape index (κ3) is 2.34. The molecule has 0 saturated carbocycles. The van der Waals surface area contributed by atoms with Crippen LogP contribution in [0, 0.1) is 0 Å². The van der Waals surface area contributed by atoms with Crippen molar-refractivity contribution in [3.63, 3.8) is 0 Å². The van der Waals surface area contributed by atoms with E-state index in [1.807, 2.05) is 47.5 Å². The van der Waals surface area contributed by atoms with Gasteiger partial charge in [0, 0.05) is 24.0 Å². The summed E-state index contributed by atoms with van der Waals surface area (Å²) in [4.78, 5) is 16.7. The second kappa shape index (κ2) is 4.81. The van der Waals surface area contributed by atoms with Crippen LogP contribution in [0.2, 0.25) is 0 Å². The monoisotopic (exact) mass is 273 g/mol. The van der Waals surface area contributed by atoms with Crippen LogP contribution in [-0.2, 0) is 18.3 Å². The number of aromatic nitrogens is 2. The molecule has 3 rings (SSSR count). The average molecular weight is 273 g/mol. The summed E-state index contributed by atoms with van der Waals surface area (Å²) in [5.74, 6) is -0.225. The molecule has 2 heterocycles. The van der Waals surface area contributed by atoms with Crippen LogP contribution in [0.25, 0.3) is 11.0 Å². The number of hydrogen-bond acceptors (Lipinski definition) is 4. The normalized spacial score (nSPS) is 12.2. The van der Waals surface area contributed by atoms with E-state index in [-0.39, 0.29) is 12.3 Å². The molecule has 0 aliphatic rings. The first-order chi connectivity index (χ1) is 9.24. The number of carbonyl (C=O) groups is 1. The SMILES string of the molecule is Cn1ccsc1=NC(=O)Cc1noc2ccccc12. The second-order valence-corrected chi connectivity index (χ2v) is 4.98. The molecule has 19 heavy (non-hydrogen) atoms. The number of fused-ring (bicyclic) bond motifs is 1. The minimum atomic E-state index is -0.225. The summed E-state index contributed by atoms with van der Waals surface area (Å²) in [5.41, 5.74) is 1.32. The lowest BCUT2D eigenvalue weighted by atomic mass is 10.2. The molecule has 0 fully saturated rings. The van der Waals surface area contributed by atoms with E-state index in [1.165, 1.54) is 11.3 Å². The molecule has 1 aromatic carbocycles. The van der Waals surface area contributed by atoms with Gasteiger partial charge in [-0.15, -0.1) is 11.3 Å². The van der Waals surface area contributed by atoms with E-state index in [4.69, 9.17) is 4.52 Å². The molecule has 0 spiro atoms. The fraction of sp³-hybridized carbons (Fsp3) is 0.154. The molecule has 0 radical (unpaired) electrons. The molecule has 0 aliphatic heterocycles. The molecule has 0 aliphatic carbocycles. The zero-order valence-electron chi connectivity index (χ0n) is 10.2. The van der Waals surface area contributed by atoms with E-state index in [2.05, 4.69) is 10.1 Å². The lowest BCUT2D eigenvalue weighted by Crippen LogP contribution is -2.13. The summed E-state index contributed by atoms with van der Waals surface area (Å²) in [6.07, 6.45) is 2.01. The number of hydrogen-bond donors (Lipinski definition) is 0. The zero-order chi connectivity index (χ0) is 13.2. The summed E-state index contributed by atoms with van der Waals surface area (Å²) in [5, 5.41) is 6.68. The molecule has 0 atom stereocenters. The van der Waals surface area contributed by atoms with Crippen LogP contribution in [0.15, 0.2) is 45.4 Å². The maximum atomic E-state index is 11.9. The van der Waals surface area contributed by atoms with Gasteiger partial charge in [-0.1, -0.05) is 17.3 Å². The van der Waals surface area contributed by atoms with Gasteiger partial charge in [0.2, 0.25) is 0 Å². The molecule has 3 aromatic rings. The fourth-order valence-electron chi connectivity index (χ4n) is 1.79. The Balaban J connectivity index is 1.90. The highest BCUT2D eigenvalue weighted by Gasteiger charge is 2.11. The van der Waals surface area contributed by atoms with Crippen molar-refractivity contribution in [3.05, 3.63) is 46.3 Å². The number of aryl methyl sites for hydroxylation is 1. The van der Waals surface area contributed by atoms with Crippen LogP contribution >= 0.6 is 11.3 Å². The van der Waals surface area contributed by atoms with Crippen LogP contribution in [0.4, 0.5) is 0 Å². The fourth-order valence-corrected chi connectivity index (χ4v) is 2.54. The van der Waals surface area contributed by atoms with Gasteiger partial charge in [-0.25, -0.2) is 0 Å². The van der Waals surface area contributed by atoms with Gasteiger partial charge in [0.1, 0.15) is 5.69 Å². The molecule has 1 amide bonds. The van der Waals surface area contributed by atoms with Gasteiger partial charge in [0.25, 0.3) is 5.91 Å². The smallest absolute Gasteiger partial charge is 0.254 e. The van der Waals surface area contributed by atoms with Crippen molar-refractivity contribution in [2.75, 3.05) is 0 Å². The van der Waals surface area contributed by atoms with Gasteiger partial charge in [-0.05, 0) is 12.1 Å². The van der Waals surface area contributed by atoms with Crippen molar-refractivity contribution < 1.29 is 9.32 Å². The Bertz CT molecular complexity index is 797. The van der Waals surface area contributed by atoms with Crippen molar-refractivity contribution in [2.24, 2.45) is 12.0 Å². The van der Waals surface area contributed by atoms with E-state index < -0.39 is 0 Å². The summed E-state index contributed by atoms with van der Waals surface area (Å²) < 4.78 is 6.97. The molecule has 0 saturated heterocycles. The molecule has 6 heteroatoms. The van der Waals surface area contributed by atoms with E-state index in [0.29, 0.717) is 16.1 Å². The van der Waals surface area contributed by atoms with Crippen molar-refractivity contribution in [1.82, 2.24) is 9.72 Å². The number of nitrogens with zero attached hydrogens (tertiary/aromatic N) is 3. The zero-order valence-corrected chi connectivity index (χ0v) is 11.1. The first kappa shape index (κ1) is 11.9. The van der Waals surface area contributed by atoms with Gasteiger partial charge >= 0.3 is 0 Å². The second-order valence-electron chi connectivity index (χ2n) is 4.10. The number of amides is 1. The lowest BCUT2D eigenvalue weighted by molar-refractivity contribution is -0.117.